The standard InChI is InChI=1S/C27H34N4O2/c1-21-7-5-8-22(2)25(21)12-11-24-10-3-4-14-31(24)26(32)20-29-15-17-30(18-16-29)27(33)23-9-6-13-28-19-23/h5-9,11-13,19,24H,3-4,10,14-18,20H2,1-2H3/b12-11+. The zero-order valence-corrected chi connectivity index (χ0v) is 19.7. The fourth-order valence-electron chi connectivity index (χ4n) is 4.83. The third-order valence-corrected chi connectivity index (χ3v) is 6.82. The number of hydrogen-bond acceptors (Lipinski definition) is 4. The van der Waals surface area contributed by atoms with E-state index in [0.717, 1.165) is 25.8 Å². The van der Waals surface area contributed by atoms with Gasteiger partial charge in [0.05, 0.1) is 18.2 Å². The number of pyridine rings is 1. The highest BCUT2D eigenvalue weighted by molar-refractivity contribution is 5.94. The maximum absolute atomic E-state index is 13.2. The molecule has 1 unspecified atom stereocenters. The number of carbonyl (C=O) groups excluding carboxylic acids is 2. The SMILES string of the molecule is Cc1cccc(C)c1/C=C/C1CCCCN1C(=O)CN1CCN(C(=O)c2cccnc2)CC1. The zero-order valence-electron chi connectivity index (χ0n) is 19.7. The minimum Gasteiger partial charge on any atom is -0.336 e. The molecule has 6 nitrogen and oxygen atoms in total. The summed E-state index contributed by atoms with van der Waals surface area (Å²) < 4.78 is 0. The predicted molar refractivity (Wildman–Crippen MR) is 131 cm³/mol. The average molecular weight is 447 g/mol. The second kappa shape index (κ2) is 10.8. The van der Waals surface area contributed by atoms with Crippen LogP contribution in [0.4, 0.5) is 0 Å². The molecule has 1 aromatic heterocycles. The lowest BCUT2D eigenvalue weighted by Crippen LogP contribution is -2.53. The van der Waals surface area contributed by atoms with E-state index in [4.69, 9.17) is 0 Å². The predicted octanol–water partition coefficient (Wildman–Crippen LogP) is 3.55. The number of piperidine rings is 1. The Morgan fingerprint density at radius 3 is 2.45 bits per heavy atom. The number of amides is 2. The molecule has 3 heterocycles. The van der Waals surface area contributed by atoms with Gasteiger partial charge in [0.1, 0.15) is 0 Å². The number of aromatic nitrogens is 1. The molecule has 0 N–H and O–H groups in total. The van der Waals surface area contributed by atoms with Crippen LogP contribution in [0.2, 0.25) is 0 Å². The Hall–Kier alpha value is -2.99. The van der Waals surface area contributed by atoms with Crippen molar-refractivity contribution in [2.45, 2.75) is 39.2 Å². The number of hydrogen-bond donors (Lipinski definition) is 0. The summed E-state index contributed by atoms with van der Waals surface area (Å²) >= 11 is 0. The van der Waals surface area contributed by atoms with Crippen LogP contribution in [0.5, 0.6) is 0 Å². The second-order valence-corrected chi connectivity index (χ2v) is 9.12. The summed E-state index contributed by atoms with van der Waals surface area (Å²) in [6.45, 7) is 8.21. The van der Waals surface area contributed by atoms with Gasteiger partial charge in [-0.3, -0.25) is 19.5 Å². The van der Waals surface area contributed by atoms with E-state index in [0.29, 0.717) is 38.3 Å². The molecule has 174 valence electrons. The monoisotopic (exact) mass is 446 g/mol. The molecule has 2 aliphatic rings. The van der Waals surface area contributed by atoms with E-state index >= 15 is 0 Å². The summed E-state index contributed by atoms with van der Waals surface area (Å²) in [4.78, 5) is 36.0. The molecule has 2 aliphatic heterocycles. The van der Waals surface area contributed by atoms with E-state index in [-0.39, 0.29) is 17.9 Å². The molecule has 2 amide bonds. The van der Waals surface area contributed by atoms with Gasteiger partial charge in [0.15, 0.2) is 0 Å². The quantitative estimate of drug-likeness (QED) is 0.705. The Kier molecular flexibility index (Phi) is 7.55. The highest BCUT2D eigenvalue weighted by Crippen LogP contribution is 2.22. The summed E-state index contributed by atoms with van der Waals surface area (Å²) in [5.41, 5.74) is 4.40. The fraction of sp³-hybridized carbons (Fsp3) is 0.444. The van der Waals surface area contributed by atoms with Crippen LogP contribution in [-0.2, 0) is 4.79 Å². The molecule has 2 saturated heterocycles. The van der Waals surface area contributed by atoms with Gasteiger partial charge in [0, 0.05) is 45.1 Å². The van der Waals surface area contributed by atoms with Crippen molar-refractivity contribution in [2.24, 2.45) is 0 Å². The van der Waals surface area contributed by atoms with E-state index in [9.17, 15) is 9.59 Å². The maximum Gasteiger partial charge on any atom is 0.255 e. The summed E-state index contributed by atoms with van der Waals surface area (Å²) in [5.74, 6) is 0.208. The molecule has 2 fully saturated rings. The number of carbonyl (C=O) groups is 2. The van der Waals surface area contributed by atoms with E-state index in [1.165, 1.54) is 16.7 Å². The summed E-state index contributed by atoms with van der Waals surface area (Å²) in [6, 6.07) is 10.1. The first-order chi connectivity index (χ1) is 16.0. The molecule has 6 heteroatoms. The largest absolute Gasteiger partial charge is 0.336 e. The topological polar surface area (TPSA) is 56.8 Å². The van der Waals surface area contributed by atoms with Crippen molar-refractivity contribution in [1.29, 1.82) is 0 Å². The van der Waals surface area contributed by atoms with Crippen LogP contribution in [-0.4, -0.2) is 76.8 Å². The molecule has 0 spiro atoms. The Morgan fingerprint density at radius 1 is 1.00 bits per heavy atom. The van der Waals surface area contributed by atoms with Crippen LogP contribution in [0.1, 0.15) is 46.3 Å². The number of likely N-dealkylation sites (tertiary alicyclic amines) is 1. The second-order valence-electron chi connectivity index (χ2n) is 9.12. The number of nitrogens with zero attached hydrogens (tertiary/aromatic N) is 4. The van der Waals surface area contributed by atoms with Gasteiger partial charge in [0.25, 0.3) is 5.91 Å². The molecule has 0 aliphatic carbocycles. The van der Waals surface area contributed by atoms with Crippen LogP contribution < -0.4 is 0 Å². The molecular formula is C27H34N4O2. The molecular weight excluding hydrogens is 412 g/mol. The smallest absolute Gasteiger partial charge is 0.255 e. The first-order valence-corrected chi connectivity index (χ1v) is 12.0. The normalized spacial score (nSPS) is 19.8. The molecule has 0 saturated carbocycles. The number of rotatable bonds is 5. The highest BCUT2D eigenvalue weighted by atomic mass is 16.2. The van der Waals surface area contributed by atoms with Crippen molar-refractivity contribution in [1.82, 2.24) is 19.7 Å². The molecule has 1 atom stereocenters. The van der Waals surface area contributed by atoms with E-state index < -0.39 is 0 Å². The lowest BCUT2D eigenvalue weighted by Gasteiger charge is -2.38. The molecule has 33 heavy (non-hydrogen) atoms. The van der Waals surface area contributed by atoms with E-state index in [1.807, 2.05) is 4.90 Å². The van der Waals surface area contributed by atoms with Crippen molar-refractivity contribution in [3.05, 3.63) is 71.1 Å². The lowest BCUT2D eigenvalue weighted by atomic mass is 9.98. The van der Waals surface area contributed by atoms with Crippen LogP contribution in [0, 0.1) is 13.8 Å². The van der Waals surface area contributed by atoms with Crippen LogP contribution in [0.15, 0.2) is 48.8 Å². The Balaban J connectivity index is 1.33. The summed E-state index contributed by atoms with van der Waals surface area (Å²) in [7, 11) is 0. The highest BCUT2D eigenvalue weighted by Gasteiger charge is 2.28. The average Bonchev–Trinajstić information content (AvgIpc) is 2.84. The first-order valence-electron chi connectivity index (χ1n) is 12.0. The maximum atomic E-state index is 13.2. The number of benzene rings is 1. The third kappa shape index (κ3) is 5.69. The van der Waals surface area contributed by atoms with Gasteiger partial charge >= 0.3 is 0 Å². The van der Waals surface area contributed by atoms with Crippen molar-refractivity contribution in [3.63, 3.8) is 0 Å². The van der Waals surface area contributed by atoms with Crippen LogP contribution in [0.25, 0.3) is 6.08 Å². The van der Waals surface area contributed by atoms with Crippen LogP contribution >= 0.6 is 0 Å². The fourth-order valence-corrected chi connectivity index (χ4v) is 4.83. The molecule has 0 bridgehead atoms. The molecule has 4 rings (SSSR count). The Bertz CT molecular complexity index is 976. The van der Waals surface area contributed by atoms with Crippen molar-refractivity contribution >= 4 is 17.9 Å². The number of piperazine rings is 1. The summed E-state index contributed by atoms with van der Waals surface area (Å²) in [5, 5.41) is 0. The van der Waals surface area contributed by atoms with Gasteiger partial charge in [-0.2, -0.15) is 0 Å². The summed E-state index contributed by atoms with van der Waals surface area (Å²) in [6.07, 6.45) is 10.9. The van der Waals surface area contributed by atoms with Gasteiger partial charge in [-0.15, -0.1) is 0 Å². The van der Waals surface area contributed by atoms with E-state index in [2.05, 4.69) is 59.0 Å². The van der Waals surface area contributed by atoms with E-state index in [1.54, 1.807) is 24.5 Å². The van der Waals surface area contributed by atoms with Gasteiger partial charge in [-0.05, 0) is 61.9 Å². The molecule has 1 aromatic carbocycles. The third-order valence-electron chi connectivity index (χ3n) is 6.82. The molecule has 0 radical (unpaired) electrons. The zero-order chi connectivity index (χ0) is 23.2. The van der Waals surface area contributed by atoms with Gasteiger partial charge in [0.2, 0.25) is 5.91 Å². The van der Waals surface area contributed by atoms with Crippen molar-refractivity contribution in [2.75, 3.05) is 39.3 Å². The van der Waals surface area contributed by atoms with Crippen molar-refractivity contribution < 1.29 is 9.59 Å². The molecule has 2 aromatic rings. The van der Waals surface area contributed by atoms with Crippen LogP contribution in [0.3, 0.4) is 0 Å². The van der Waals surface area contributed by atoms with Gasteiger partial charge in [-0.25, -0.2) is 0 Å². The van der Waals surface area contributed by atoms with Gasteiger partial charge in [-0.1, -0.05) is 30.4 Å². The first kappa shape index (κ1) is 23.2. The number of aryl methyl sites for hydroxylation is 2. The van der Waals surface area contributed by atoms with Gasteiger partial charge < -0.3 is 9.80 Å². The van der Waals surface area contributed by atoms with Crippen molar-refractivity contribution in [3.8, 4) is 0 Å². The lowest BCUT2D eigenvalue weighted by molar-refractivity contribution is -0.135. The minimum atomic E-state index is 0.0156. The minimum absolute atomic E-state index is 0.0156. The Morgan fingerprint density at radius 2 is 1.76 bits per heavy atom. The Labute approximate surface area is 196 Å².